The van der Waals surface area contributed by atoms with Crippen molar-refractivity contribution in [3.63, 3.8) is 0 Å². The minimum atomic E-state index is 0.0955. The van der Waals surface area contributed by atoms with Crippen molar-refractivity contribution in [2.45, 2.75) is 44.0 Å². The smallest absolute Gasteiger partial charge is 0.0953 e. The van der Waals surface area contributed by atoms with Gasteiger partial charge in [0.15, 0.2) is 0 Å². The van der Waals surface area contributed by atoms with Crippen LogP contribution in [0.1, 0.15) is 37.4 Å². The van der Waals surface area contributed by atoms with Crippen LogP contribution in [0.3, 0.4) is 0 Å². The first-order chi connectivity index (χ1) is 9.72. The second-order valence-corrected chi connectivity index (χ2v) is 6.30. The molecule has 0 bridgehead atoms. The number of methoxy groups -OCH3 is 1. The zero-order valence-corrected chi connectivity index (χ0v) is 13.9. The van der Waals surface area contributed by atoms with Gasteiger partial charge in [-0.1, -0.05) is 28.1 Å². The van der Waals surface area contributed by atoms with Crippen LogP contribution in [-0.2, 0) is 9.47 Å². The van der Waals surface area contributed by atoms with Gasteiger partial charge in [0.1, 0.15) is 0 Å². The Morgan fingerprint density at radius 3 is 2.85 bits per heavy atom. The van der Waals surface area contributed by atoms with E-state index in [1.807, 2.05) is 13.1 Å². The Bertz CT molecular complexity index is 413. The lowest BCUT2D eigenvalue weighted by atomic mass is 9.94. The molecule has 0 amide bonds. The summed E-state index contributed by atoms with van der Waals surface area (Å²) < 4.78 is 12.9. The quantitative estimate of drug-likeness (QED) is 0.855. The van der Waals surface area contributed by atoms with E-state index < -0.39 is 0 Å². The van der Waals surface area contributed by atoms with Crippen LogP contribution in [0.2, 0.25) is 0 Å². The molecule has 4 heteroatoms. The van der Waals surface area contributed by atoms with E-state index in [2.05, 4.69) is 39.4 Å². The number of likely N-dealkylation sites (N-methyl/N-ethyl adjacent to an activating group) is 1. The third-order valence-electron chi connectivity index (χ3n) is 3.88. The lowest BCUT2D eigenvalue weighted by Crippen LogP contribution is -2.31. The maximum atomic E-state index is 6.34. The molecule has 1 aliphatic carbocycles. The third-order valence-corrected chi connectivity index (χ3v) is 4.37. The fourth-order valence-corrected chi connectivity index (χ4v) is 3.23. The summed E-state index contributed by atoms with van der Waals surface area (Å²) >= 11 is 3.53. The summed E-state index contributed by atoms with van der Waals surface area (Å²) in [6.07, 6.45) is 5.23. The molecule has 0 aliphatic heterocycles. The molecule has 3 atom stereocenters. The first kappa shape index (κ1) is 16.0. The van der Waals surface area contributed by atoms with Crippen molar-refractivity contribution < 1.29 is 9.47 Å². The first-order valence-electron chi connectivity index (χ1n) is 7.31. The van der Waals surface area contributed by atoms with Gasteiger partial charge in [0, 0.05) is 18.1 Å². The molecule has 112 valence electrons. The van der Waals surface area contributed by atoms with Crippen LogP contribution in [0.25, 0.3) is 0 Å². The van der Waals surface area contributed by atoms with Crippen LogP contribution >= 0.6 is 15.9 Å². The molecule has 0 radical (unpaired) electrons. The van der Waals surface area contributed by atoms with Crippen molar-refractivity contribution >= 4 is 15.9 Å². The summed E-state index contributed by atoms with van der Waals surface area (Å²) in [6, 6.07) is 8.37. The Labute approximate surface area is 130 Å². The summed E-state index contributed by atoms with van der Waals surface area (Å²) in [5.74, 6) is 0. The second-order valence-electron chi connectivity index (χ2n) is 5.38. The molecule has 1 aromatic carbocycles. The van der Waals surface area contributed by atoms with Crippen LogP contribution in [0.4, 0.5) is 0 Å². The fraction of sp³-hybridized carbons (Fsp3) is 0.625. The third kappa shape index (κ3) is 4.55. The van der Waals surface area contributed by atoms with Gasteiger partial charge in [-0.2, -0.15) is 0 Å². The van der Waals surface area contributed by atoms with E-state index in [0.29, 0.717) is 12.2 Å². The Morgan fingerprint density at radius 2 is 2.15 bits per heavy atom. The summed E-state index contributed by atoms with van der Waals surface area (Å²) in [5, 5.41) is 3.23. The van der Waals surface area contributed by atoms with Gasteiger partial charge >= 0.3 is 0 Å². The highest BCUT2D eigenvalue weighted by Gasteiger charge is 2.25. The normalized spacial score (nSPS) is 24.6. The van der Waals surface area contributed by atoms with E-state index in [4.69, 9.17) is 9.47 Å². The van der Waals surface area contributed by atoms with E-state index in [-0.39, 0.29) is 6.10 Å². The van der Waals surface area contributed by atoms with Gasteiger partial charge in [-0.3, -0.25) is 0 Å². The molecular formula is C16H24BrNO2. The summed E-state index contributed by atoms with van der Waals surface area (Å²) in [4.78, 5) is 0. The molecule has 0 aromatic heterocycles. The number of hydrogen-bond acceptors (Lipinski definition) is 3. The fourth-order valence-electron chi connectivity index (χ4n) is 2.81. The van der Waals surface area contributed by atoms with Crippen molar-refractivity contribution in [2.75, 3.05) is 20.7 Å². The molecule has 1 aromatic rings. The molecule has 1 aliphatic rings. The molecule has 1 saturated carbocycles. The maximum Gasteiger partial charge on any atom is 0.0953 e. The number of halogens is 1. The van der Waals surface area contributed by atoms with Crippen LogP contribution in [0, 0.1) is 0 Å². The average Bonchev–Trinajstić information content (AvgIpc) is 2.47. The number of ether oxygens (including phenoxy) is 2. The molecule has 2 rings (SSSR count). The average molecular weight is 342 g/mol. The molecule has 1 fully saturated rings. The number of rotatable bonds is 6. The van der Waals surface area contributed by atoms with Crippen molar-refractivity contribution in [3.05, 3.63) is 34.3 Å². The van der Waals surface area contributed by atoms with Crippen molar-refractivity contribution in [2.24, 2.45) is 0 Å². The minimum absolute atomic E-state index is 0.0955. The SMILES string of the molecule is CNCC(OC1CCCC(OC)C1)c1cccc(Br)c1. The Hall–Kier alpha value is -0.420. The van der Waals surface area contributed by atoms with Crippen LogP contribution in [0.15, 0.2) is 28.7 Å². The van der Waals surface area contributed by atoms with Crippen LogP contribution in [0.5, 0.6) is 0 Å². The van der Waals surface area contributed by atoms with Crippen LogP contribution < -0.4 is 5.32 Å². The molecule has 20 heavy (non-hydrogen) atoms. The van der Waals surface area contributed by atoms with Crippen LogP contribution in [-0.4, -0.2) is 32.9 Å². The minimum Gasteiger partial charge on any atom is -0.381 e. The zero-order valence-electron chi connectivity index (χ0n) is 12.3. The molecule has 3 unspecified atom stereocenters. The summed E-state index contributed by atoms with van der Waals surface area (Å²) in [7, 11) is 3.76. The first-order valence-corrected chi connectivity index (χ1v) is 8.10. The van der Waals surface area contributed by atoms with E-state index in [9.17, 15) is 0 Å². The highest BCUT2D eigenvalue weighted by atomic mass is 79.9. The van der Waals surface area contributed by atoms with Gasteiger partial charge in [0.25, 0.3) is 0 Å². The Balaban J connectivity index is 2.01. The summed E-state index contributed by atoms with van der Waals surface area (Å²) in [6.45, 7) is 0.824. The number of nitrogens with one attached hydrogen (secondary N) is 1. The number of benzene rings is 1. The topological polar surface area (TPSA) is 30.5 Å². The van der Waals surface area contributed by atoms with Gasteiger partial charge < -0.3 is 14.8 Å². The van der Waals surface area contributed by atoms with Gasteiger partial charge in [-0.05, 0) is 50.4 Å². The summed E-state index contributed by atoms with van der Waals surface area (Å²) in [5.41, 5.74) is 1.22. The van der Waals surface area contributed by atoms with Gasteiger partial charge in [-0.15, -0.1) is 0 Å². The van der Waals surface area contributed by atoms with Gasteiger partial charge in [0.05, 0.1) is 18.3 Å². The molecular weight excluding hydrogens is 318 g/mol. The molecule has 0 spiro atoms. The highest BCUT2D eigenvalue weighted by Crippen LogP contribution is 2.29. The van der Waals surface area contributed by atoms with Gasteiger partial charge in [0.2, 0.25) is 0 Å². The predicted octanol–water partition coefficient (Wildman–Crippen LogP) is 3.68. The molecule has 0 saturated heterocycles. The number of hydrogen-bond donors (Lipinski definition) is 1. The molecule has 0 heterocycles. The molecule has 1 N–H and O–H groups in total. The van der Waals surface area contributed by atoms with E-state index in [0.717, 1.165) is 30.3 Å². The lowest BCUT2D eigenvalue weighted by molar-refractivity contribution is -0.0651. The Morgan fingerprint density at radius 1 is 1.35 bits per heavy atom. The van der Waals surface area contributed by atoms with E-state index in [1.165, 1.54) is 12.0 Å². The lowest BCUT2D eigenvalue weighted by Gasteiger charge is -2.31. The van der Waals surface area contributed by atoms with Crippen molar-refractivity contribution in [3.8, 4) is 0 Å². The molecule has 3 nitrogen and oxygen atoms in total. The zero-order chi connectivity index (χ0) is 14.4. The van der Waals surface area contributed by atoms with Gasteiger partial charge in [-0.25, -0.2) is 0 Å². The van der Waals surface area contributed by atoms with E-state index in [1.54, 1.807) is 7.11 Å². The standard InChI is InChI=1S/C16H24BrNO2/c1-18-11-16(12-5-3-6-13(17)9-12)20-15-8-4-7-14(10-15)19-2/h3,5-6,9,14-16,18H,4,7-8,10-11H2,1-2H3. The van der Waals surface area contributed by atoms with Crippen molar-refractivity contribution in [1.29, 1.82) is 0 Å². The van der Waals surface area contributed by atoms with E-state index >= 15 is 0 Å². The second kappa shape index (κ2) is 8.13. The van der Waals surface area contributed by atoms with Crippen molar-refractivity contribution in [1.82, 2.24) is 5.32 Å². The predicted molar refractivity (Wildman–Crippen MR) is 84.9 cm³/mol. The maximum absolute atomic E-state index is 6.34. The monoisotopic (exact) mass is 341 g/mol. The largest absolute Gasteiger partial charge is 0.381 e. The highest BCUT2D eigenvalue weighted by molar-refractivity contribution is 9.10. The Kier molecular flexibility index (Phi) is 6.49.